The maximum absolute atomic E-state index is 12.7. The van der Waals surface area contributed by atoms with Gasteiger partial charge >= 0.3 is 0 Å². The van der Waals surface area contributed by atoms with E-state index in [-0.39, 0.29) is 30.6 Å². The van der Waals surface area contributed by atoms with Crippen LogP contribution in [0, 0.1) is 6.92 Å². The molecule has 0 spiro atoms. The second-order valence-corrected chi connectivity index (χ2v) is 6.85. The number of carbonyl (C=O) groups excluding carboxylic acids is 2. The molecule has 1 aromatic carbocycles. The normalized spacial score (nSPS) is 23.5. The van der Waals surface area contributed by atoms with Crippen LogP contribution in [-0.4, -0.2) is 53.5 Å². The number of nitrogens with zero attached hydrogens (tertiary/aromatic N) is 3. The first-order valence-electron chi connectivity index (χ1n) is 7.83. The van der Waals surface area contributed by atoms with Gasteiger partial charge in [0.25, 0.3) is 11.8 Å². The Morgan fingerprint density at radius 1 is 1.29 bits per heavy atom. The molecule has 0 radical (unpaired) electrons. The Kier molecular flexibility index (Phi) is 3.82. The van der Waals surface area contributed by atoms with Gasteiger partial charge in [-0.15, -0.1) is 11.3 Å². The number of amides is 2. The summed E-state index contributed by atoms with van der Waals surface area (Å²) in [5.41, 5.74) is 3.28. The molecule has 2 fully saturated rings. The van der Waals surface area contributed by atoms with E-state index in [2.05, 4.69) is 4.98 Å². The number of aryl methyl sites for hydroxylation is 1. The fourth-order valence-corrected chi connectivity index (χ4v) is 4.11. The molecule has 124 valence electrons. The van der Waals surface area contributed by atoms with Crippen LogP contribution in [0.4, 0.5) is 5.69 Å². The number of aromatic nitrogens is 1. The second kappa shape index (κ2) is 5.99. The van der Waals surface area contributed by atoms with Crippen molar-refractivity contribution < 1.29 is 14.3 Å². The predicted octanol–water partition coefficient (Wildman–Crippen LogP) is 1.71. The minimum atomic E-state index is -0.153. The molecule has 24 heavy (non-hydrogen) atoms. The van der Waals surface area contributed by atoms with Gasteiger partial charge in [0.1, 0.15) is 11.5 Å². The summed E-state index contributed by atoms with van der Waals surface area (Å²) in [6, 6.07) is 9.42. The molecule has 7 heteroatoms. The fraction of sp³-hybridized carbons (Fsp3) is 0.353. The summed E-state index contributed by atoms with van der Waals surface area (Å²) in [5.74, 6) is -0.0980. The number of likely N-dealkylation sites (tertiary alicyclic amines) is 1. The lowest BCUT2D eigenvalue weighted by Gasteiger charge is -2.36. The van der Waals surface area contributed by atoms with E-state index in [0.29, 0.717) is 18.0 Å². The zero-order chi connectivity index (χ0) is 16.7. The summed E-state index contributed by atoms with van der Waals surface area (Å²) in [6.45, 7) is 2.86. The minimum Gasteiger partial charge on any atom is -0.364 e. The number of rotatable bonds is 2. The molecule has 2 aliphatic heterocycles. The largest absolute Gasteiger partial charge is 0.364 e. The highest BCUT2D eigenvalue weighted by molar-refractivity contribution is 7.11. The monoisotopic (exact) mass is 343 g/mol. The maximum atomic E-state index is 12.7. The average Bonchev–Trinajstić information content (AvgIpc) is 3.21. The highest BCUT2D eigenvalue weighted by Gasteiger charge is 2.45. The molecule has 0 bridgehead atoms. The molecular formula is C17H17N3O3S. The van der Waals surface area contributed by atoms with Gasteiger partial charge < -0.3 is 14.5 Å². The maximum Gasteiger partial charge on any atom is 0.266 e. The second-order valence-electron chi connectivity index (χ2n) is 5.99. The Morgan fingerprint density at radius 3 is 2.79 bits per heavy atom. The van der Waals surface area contributed by atoms with Gasteiger partial charge in [0.15, 0.2) is 0 Å². The van der Waals surface area contributed by atoms with Crippen LogP contribution in [-0.2, 0) is 9.53 Å². The van der Waals surface area contributed by atoms with Crippen molar-refractivity contribution in [2.24, 2.45) is 0 Å². The minimum absolute atomic E-state index is 0.0338. The van der Waals surface area contributed by atoms with Crippen LogP contribution in [0.2, 0.25) is 0 Å². The van der Waals surface area contributed by atoms with Crippen molar-refractivity contribution in [1.29, 1.82) is 0 Å². The third kappa shape index (κ3) is 2.50. The first-order valence-corrected chi connectivity index (χ1v) is 8.71. The van der Waals surface area contributed by atoms with E-state index in [1.165, 1.54) is 11.3 Å². The average molecular weight is 343 g/mol. The van der Waals surface area contributed by atoms with Crippen LogP contribution in [0.25, 0.3) is 0 Å². The molecule has 4 rings (SSSR count). The quantitative estimate of drug-likeness (QED) is 0.833. The molecule has 2 saturated heterocycles. The summed E-state index contributed by atoms with van der Waals surface area (Å²) in [4.78, 5) is 33.5. The topological polar surface area (TPSA) is 62.7 Å². The third-order valence-electron chi connectivity index (χ3n) is 4.52. The zero-order valence-electron chi connectivity index (χ0n) is 13.2. The Morgan fingerprint density at radius 2 is 2.08 bits per heavy atom. The van der Waals surface area contributed by atoms with Crippen molar-refractivity contribution in [3.63, 3.8) is 0 Å². The molecular weight excluding hydrogens is 326 g/mol. The molecule has 0 aliphatic carbocycles. The van der Waals surface area contributed by atoms with Crippen molar-refractivity contribution in [2.75, 3.05) is 24.6 Å². The number of anilines is 1. The summed E-state index contributed by atoms with van der Waals surface area (Å²) in [7, 11) is 0. The lowest BCUT2D eigenvalue weighted by atomic mass is 10.1. The Labute approximate surface area is 143 Å². The molecule has 0 N–H and O–H groups in total. The van der Waals surface area contributed by atoms with Crippen LogP contribution in [0.15, 0.2) is 35.8 Å². The van der Waals surface area contributed by atoms with Crippen LogP contribution < -0.4 is 4.90 Å². The van der Waals surface area contributed by atoms with E-state index >= 15 is 0 Å². The molecule has 2 aliphatic rings. The number of benzene rings is 1. The Hall–Kier alpha value is -2.25. The lowest BCUT2D eigenvalue weighted by molar-refractivity contribution is -0.130. The summed E-state index contributed by atoms with van der Waals surface area (Å²) >= 11 is 1.35. The lowest BCUT2D eigenvalue weighted by Crippen LogP contribution is -2.54. The van der Waals surface area contributed by atoms with E-state index < -0.39 is 0 Å². The molecule has 3 heterocycles. The molecule has 2 amide bonds. The van der Waals surface area contributed by atoms with Crippen molar-refractivity contribution >= 4 is 28.8 Å². The number of fused-ring (bicyclic) bond motifs is 1. The standard InChI is InChI=1S/C17H17N3O3S/c1-11-16(24-10-18-11)17(22)19-7-13-14(8-19)23-9-15(21)20(13)12-5-3-2-4-6-12/h2-6,10,13-14H,7-9H2,1H3/t13-,14-/m0/s1. The van der Waals surface area contributed by atoms with E-state index in [1.807, 2.05) is 37.3 Å². The number of carbonyl (C=O) groups is 2. The number of thiazole rings is 1. The van der Waals surface area contributed by atoms with Crippen LogP contribution >= 0.6 is 11.3 Å². The molecule has 0 unspecified atom stereocenters. The predicted molar refractivity (Wildman–Crippen MR) is 90.2 cm³/mol. The van der Waals surface area contributed by atoms with Gasteiger partial charge in [-0.1, -0.05) is 18.2 Å². The molecule has 1 aromatic heterocycles. The van der Waals surface area contributed by atoms with Crippen LogP contribution in [0.5, 0.6) is 0 Å². The number of ether oxygens (including phenoxy) is 1. The molecule has 2 aromatic rings. The molecule has 0 saturated carbocycles. The van der Waals surface area contributed by atoms with Gasteiger partial charge in [-0.05, 0) is 19.1 Å². The zero-order valence-corrected chi connectivity index (χ0v) is 14.0. The van der Waals surface area contributed by atoms with Gasteiger partial charge in [0.05, 0.1) is 23.4 Å². The fourth-order valence-electron chi connectivity index (χ4n) is 3.34. The summed E-state index contributed by atoms with van der Waals surface area (Å²) < 4.78 is 5.70. The van der Waals surface area contributed by atoms with E-state index in [9.17, 15) is 9.59 Å². The highest BCUT2D eigenvalue weighted by Crippen LogP contribution is 2.30. The SMILES string of the molecule is Cc1ncsc1C(=O)N1C[C@@H]2OCC(=O)N(c3ccccc3)[C@H]2C1. The summed E-state index contributed by atoms with van der Waals surface area (Å²) in [6.07, 6.45) is -0.153. The van der Waals surface area contributed by atoms with Gasteiger partial charge in [-0.3, -0.25) is 9.59 Å². The number of hydrogen-bond acceptors (Lipinski definition) is 5. The smallest absolute Gasteiger partial charge is 0.266 e. The van der Waals surface area contributed by atoms with Crippen molar-refractivity contribution in [3.8, 4) is 0 Å². The van der Waals surface area contributed by atoms with Crippen LogP contribution in [0.1, 0.15) is 15.4 Å². The highest BCUT2D eigenvalue weighted by atomic mass is 32.1. The first-order chi connectivity index (χ1) is 11.6. The van der Waals surface area contributed by atoms with Crippen molar-refractivity contribution in [3.05, 3.63) is 46.4 Å². The van der Waals surface area contributed by atoms with Gasteiger partial charge in [-0.25, -0.2) is 4.98 Å². The molecule has 2 atom stereocenters. The van der Waals surface area contributed by atoms with E-state index in [4.69, 9.17) is 4.74 Å². The van der Waals surface area contributed by atoms with Crippen molar-refractivity contribution in [1.82, 2.24) is 9.88 Å². The van der Waals surface area contributed by atoms with Crippen molar-refractivity contribution in [2.45, 2.75) is 19.1 Å². The van der Waals surface area contributed by atoms with E-state index in [0.717, 1.165) is 11.4 Å². The Bertz CT molecular complexity index is 776. The Balaban J connectivity index is 1.60. The number of para-hydroxylation sites is 1. The van der Waals surface area contributed by atoms with Crippen LogP contribution in [0.3, 0.4) is 0 Å². The number of morpholine rings is 1. The molecule has 6 nitrogen and oxygen atoms in total. The van der Waals surface area contributed by atoms with Gasteiger partial charge in [0.2, 0.25) is 0 Å². The van der Waals surface area contributed by atoms with Gasteiger partial charge in [-0.2, -0.15) is 0 Å². The summed E-state index contributed by atoms with van der Waals surface area (Å²) in [5, 5.41) is 0. The van der Waals surface area contributed by atoms with E-state index in [1.54, 1.807) is 15.3 Å². The first kappa shape index (κ1) is 15.3. The van der Waals surface area contributed by atoms with Gasteiger partial charge in [0, 0.05) is 18.8 Å². The third-order valence-corrected chi connectivity index (χ3v) is 5.44. The number of hydrogen-bond donors (Lipinski definition) is 0.